The summed E-state index contributed by atoms with van der Waals surface area (Å²) >= 11 is 0. The van der Waals surface area contributed by atoms with Crippen LogP contribution in [-0.2, 0) is 17.1 Å². The molecule has 3 aromatic heterocycles. The topological polar surface area (TPSA) is 106 Å². The van der Waals surface area contributed by atoms with E-state index in [-0.39, 0.29) is 17.1 Å². The van der Waals surface area contributed by atoms with E-state index in [1.807, 2.05) is 72.8 Å². The Morgan fingerprint density at radius 1 is 0.439 bits per heavy atom. The van der Waals surface area contributed by atoms with Crippen LogP contribution in [-0.4, -0.2) is 29.9 Å². The summed E-state index contributed by atoms with van der Waals surface area (Å²) in [7, 11) is 0. The molecule has 1 radical (unpaired) electrons. The fraction of sp³-hybridized carbons (Fsp3) is 0. The molecule has 8 bridgehead atoms. The standard InChI is InChI=1S/C32H18N8.Cu/c1-3-17-18(4-2)26-33-25(17)34-27-19-11-5-7-13-21(19)29(36-27)38-31-23-15-9-10-16-24(23)32(40-31)39-30-22-14-8-6-12-20(22)28(35-26)37-30;/h3-16H,1-2H2;/q-2;+2. The fourth-order valence-electron chi connectivity index (χ4n) is 5.23. The first kappa shape index (κ1) is 24.8. The van der Waals surface area contributed by atoms with E-state index in [9.17, 15) is 0 Å². The molecule has 2 aliphatic rings. The van der Waals surface area contributed by atoms with Crippen molar-refractivity contribution >= 4 is 45.5 Å². The van der Waals surface area contributed by atoms with E-state index in [0.29, 0.717) is 45.9 Å². The van der Waals surface area contributed by atoms with E-state index >= 15 is 0 Å². The van der Waals surface area contributed by atoms with Crippen molar-refractivity contribution in [2.24, 2.45) is 0 Å². The molecule has 6 aromatic rings. The van der Waals surface area contributed by atoms with Crippen molar-refractivity contribution in [3.05, 3.63) is 97.1 Å². The zero-order valence-corrected chi connectivity index (χ0v) is 22.3. The Kier molecular flexibility index (Phi) is 5.71. The van der Waals surface area contributed by atoms with E-state index in [1.54, 1.807) is 12.2 Å². The number of nitrogens with zero attached hydrogens (tertiary/aromatic N) is 8. The van der Waals surface area contributed by atoms with Crippen molar-refractivity contribution in [3.63, 3.8) is 0 Å². The number of benzene rings is 3. The van der Waals surface area contributed by atoms with Gasteiger partial charge < -0.3 is 29.9 Å². The average molecular weight is 578 g/mol. The van der Waals surface area contributed by atoms with Crippen LogP contribution in [0.2, 0.25) is 0 Å². The predicted molar refractivity (Wildman–Crippen MR) is 157 cm³/mol. The minimum atomic E-state index is 0. The van der Waals surface area contributed by atoms with E-state index in [4.69, 9.17) is 39.9 Å². The summed E-state index contributed by atoms with van der Waals surface area (Å²) in [5.41, 5.74) is 6.85. The summed E-state index contributed by atoms with van der Waals surface area (Å²) in [5, 5.41) is 1.76. The first-order chi connectivity index (χ1) is 19.7. The Morgan fingerprint density at radius 3 is 1.12 bits per heavy atom. The molecule has 0 N–H and O–H groups in total. The maximum Gasteiger partial charge on any atom is 2.00 e. The van der Waals surface area contributed by atoms with Gasteiger partial charge in [0.1, 0.15) is 0 Å². The Balaban J connectivity index is 0.00000276. The van der Waals surface area contributed by atoms with Crippen LogP contribution in [0, 0.1) is 0 Å². The van der Waals surface area contributed by atoms with Gasteiger partial charge in [0.05, 0.1) is 23.3 Å². The smallest absolute Gasteiger partial charge is 0.357 e. The summed E-state index contributed by atoms with van der Waals surface area (Å²) in [4.78, 5) is 38.9. The number of fused-ring (bicyclic) bond motifs is 17. The largest absolute Gasteiger partial charge is 2.00 e. The van der Waals surface area contributed by atoms with Crippen LogP contribution in [0.1, 0.15) is 11.1 Å². The second-order valence-corrected chi connectivity index (χ2v) is 9.36. The molecule has 3 aromatic carbocycles. The third-order valence-electron chi connectivity index (χ3n) is 7.10. The van der Waals surface area contributed by atoms with Crippen LogP contribution < -0.4 is 9.97 Å². The summed E-state index contributed by atoms with van der Waals surface area (Å²) in [6.07, 6.45) is 3.43. The minimum Gasteiger partial charge on any atom is -0.357 e. The van der Waals surface area contributed by atoms with Crippen LogP contribution in [0.25, 0.3) is 91.1 Å². The summed E-state index contributed by atoms with van der Waals surface area (Å²) in [6, 6.07) is 23.6. The molecular formula is C32H18CuN8. The molecule has 8 rings (SSSR count). The predicted octanol–water partition coefficient (Wildman–Crippen LogP) is 6.26. The molecule has 197 valence electrons. The molecule has 0 amide bonds. The molecule has 8 nitrogen and oxygen atoms in total. The van der Waals surface area contributed by atoms with Crippen LogP contribution in [0.4, 0.5) is 0 Å². The third-order valence-corrected chi connectivity index (χ3v) is 7.10. The first-order valence-corrected chi connectivity index (χ1v) is 12.7. The molecule has 0 unspecified atom stereocenters. The Labute approximate surface area is 244 Å². The maximum absolute atomic E-state index is 4.93. The quantitative estimate of drug-likeness (QED) is 0.222. The van der Waals surface area contributed by atoms with Crippen LogP contribution in [0.15, 0.2) is 86.0 Å². The molecular weight excluding hydrogens is 560 g/mol. The molecule has 2 aliphatic heterocycles. The third kappa shape index (κ3) is 3.75. The minimum absolute atomic E-state index is 0. The van der Waals surface area contributed by atoms with Crippen molar-refractivity contribution in [1.82, 2.24) is 39.9 Å². The second-order valence-electron chi connectivity index (χ2n) is 9.36. The van der Waals surface area contributed by atoms with Gasteiger partial charge in [-0.25, -0.2) is 9.97 Å². The molecule has 5 heterocycles. The number of hydrogen-bond acceptors (Lipinski definition) is 6. The van der Waals surface area contributed by atoms with Gasteiger partial charge in [-0.1, -0.05) is 98.1 Å². The SMILES string of the molecule is C=Cc1c(C=C)c2nc3nc(nc4[n-]c(nc5nc(nc1[n-]2)-c1ccccc1-5)c1ccccc41)-c1ccccc1-3.[Cu+2]. The Hall–Kier alpha value is -5.24. The fourth-order valence-corrected chi connectivity index (χ4v) is 5.23. The van der Waals surface area contributed by atoms with Gasteiger partial charge in [0, 0.05) is 44.8 Å². The number of aromatic nitrogens is 8. The summed E-state index contributed by atoms with van der Waals surface area (Å²) < 4.78 is 0. The summed E-state index contributed by atoms with van der Waals surface area (Å²) in [6.45, 7) is 8.01. The molecule has 0 spiro atoms. The zero-order valence-electron chi connectivity index (χ0n) is 21.4. The van der Waals surface area contributed by atoms with Crippen molar-refractivity contribution in [2.45, 2.75) is 0 Å². The van der Waals surface area contributed by atoms with Gasteiger partial charge in [-0.05, 0) is 21.9 Å². The molecule has 9 heteroatoms. The van der Waals surface area contributed by atoms with Crippen LogP contribution in [0.5, 0.6) is 0 Å². The second kappa shape index (κ2) is 9.45. The van der Waals surface area contributed by atoms with Crippen LogP contribution in [0.3, 0.4) is 0 Å². The van der Waals surface area contributed by atoms with Gasteiger partial charge >= 0.3 is 17.1 Å². The Morgan fingerprint density at radius 2 is 0.756 bits per heavy atom. The van der Waals surface area contributed by atoms with Gasteiger partial charge in [0.2, 0.25) is 0 Å². The Bertz CT molecular complexity index is 2070. The summed E-state index contributed by atoms with van der Waals surface area (Å²) in [5.74, 6) is 2.06. The number of hydrogen-bond donors (Lipinski definition) is 0. The van der Waals surface area contributed by atoms with Crippen molar-refractivity contribution in [2.75, 3.05) is 0 Å². The van der Waals surface area contributed by atoms with Crippen LogP contribution >= 0.6 is 0 Å². The molecule has 41 heavy (non-hydrogen) atoms. The van der Waals surface area contributed by atoms with Gasteiger partial charge in [-0.3, -0.25) is 0 Å². The molecule has 0 aliphatic carbocycles. The molecule has 0 fully saturated rings. The van der Waals surface area contributed by atoms with Crippen molar-refractivity contribution in [1.29, 1.82) is 0 Å². The molecule has 0 atom stereocenters. The zero-order chi connectivity index (χ0) is 26.8. The molecule has 0 saturated heterocycles. The van der Waals surface area contributed by atoms with E-state index < -0.39 is 0 Å². The monoisotopic (exact) mass is 577 g/mol. The number of rotatable bonds is 2. The maximum atomic E-state index is 4.93. The van der Waals surface area contributed by atoms with Crippen molar-refractivity contribution < 1.29 is 17.1 Å². The first-order valence-electron chi connectivity index (χ1n) is 12.7. The van der Waals surface area contributed by atoms with E-state index in [0.717, 1.165) is 44.2 Å². The van der Waals surface area contributed by atoms with Gasteiger partial charge in [-0.2, -0.15) is 0 Å². The van der Waals surface area contributed by atoms with E-state index in [2.05, 4.69) is 13.2 Å². The van der Waals surface area contributed by atoms with Gasteiger partial charge in [0.15, 0.2) is 0 Å². The van der Waals surface area contributed by atoms with E-state index in [1.165, 1.54) is 0 Å². The van der Waals surface area contributed by atoms with Gasteiger partial charge in [-0.15, -0.1) is 0 Å². The van der Waals surface area contributed by atoms with Gasteiger partial charge in [0.25, 0.3) is 0 Å². The van der Waals surface area contributed by atoms with Crippen molar-refractivity contribution in [3.8, 4) is 45.6 Å². The normalized spacial score (nSPS) is 11.4. The molecule has 0 saturated carbocycles. The average Bonchev–Trinajstić information content (AvgIpc) is 3.71.